The topological polar surface area (TPSA) is 60.7 Å². The Morgan fingerprint density at radius 1 is 1.07 bits per heavy atom. The monoisotopic (exact) mass is 404 g/mol. The molecule has 0 saturated heterocycles. The number of hydrogen-bond donors (Lipinski definition) is 3. The molecule has 3 aliphatic carbocycles. The lowest BCUT2D eigenvalue weighted by Gasteiger charge is -2.36. The summed E-state index contributed by atoms with van der Waals surface area (Å²) < 4.78 is 0. The van der Waals surface area contributed by atoms with E-state index in [1.165, 1.54) is 62.5 Å². The van der Waals surface area contributed by atoms with Gasteiger partial charge in [0.05, 0.1) is 18.3 Å². The first kappa shape index (κ1) is 23.0. The fraction of sp³-hybridized carbons (Fsp3) is 0.846. The summed E-state index contributed by atoms with van der Waals surface area (Å²) in [5, 5.41) is 30.6. The SMILES string of the molecule is CC(C)(C)CCCC(O)[C@@H]1CC[C@@]2(CCC/C(=C\C=C3C[C@@H](O)C[C@@H](O)C3)C2)C1. The van der Waals surface area contributed by atoms with Gasteiger partial charge in [0, 0.05) is 0 Å². The predicted octanol–water partition coefficient (Wildman–Crippen LogP) is 5.68. The summed E-state index contributed by atoms with van der Waals surface area (Å²) in [6.45, 7) is 6.84. The highest BCUT2D eigenvalue weighted by molar-refractivity contribution is 5.23. The van der Waals surface area contributed by atoms with Crippen LogP contribution in [0.3, 0.4) is 0 Å². The van der Waals surface area contributed by atoms with Crippen LogP contribution >= 0.6 is 0 Å². The molecule has 1 unspecified atom stereocenters. The van der Waals surface area contributed by atoms with Gasteiger partial charge in [-0.05, 0) is 93.8 Å². The van der Waals surface area contributed by atoms with Gasteiger partial charge in [0.15, 0.2) is 0 Å². The minimum atomic E-state index is -0.392. The van der Waals surface area contributed by atoms with E-state index in [9.17, 15) is 15.3 Å². The van der Waals surface area contributed by atoms with Crippen LogP contribution in [0.15, 0.2) is 23.3 Å². The molecule has 5 atom stereocenters. The van der Waals surface area contributed by atoms with Crippen molar-refractivity contribution < 1.29 is 15.3 Å². The van der Waals surface area contributed by atoms with Crippen LogP contribution in [0.4, 0.5) is 0 Å². The van der Waals surface area contributed by atoms with Gasteiger partial charge in [-0.3, -0.25) is 0 Å². The molecule has 3 fully saturated rings. The van der Waals surface area contributed by atoms with Crippen molar-refractivity contribution in [3.8, 4) is 0 Å². The molecule has 0 aliphatic heterocycles. The summed E-state index contributed by atoms with van der Waals surface area (Å²) >= 11 is 0. The zero-order chi connectivity index (χ0) is 21.1. The van der Waals surface area contributed by atoms with Gasteiger partial charge in [0.1, 0.15) is 0 Å². The van der Waals surface area contributed by atoms with E-state index in [2.05, 4.69) is 32.9 Å². The van der Waals surface area contributed by atoms with Crippen LogP contribution in [-0.2, 0) is 0 Å². The third kappa shape index (κ3) is 6.94. The number of allylic oxidation sites excluding steroid dienone is 3. The van der Waals surface area contributed by atoms with Gasteiger partial charge < -0.3 is 15.3 Å². The predicted molar refractivity (Wildman–Crippen MR) is 120 cm³/mol. The molecule has 0 aromatic rings. The summed E-state index contributed by atoms with van der Waals surface area (Å²) in [4.78, 5) is 0. The van der Waals surface area contributed by atoms with E-state index in [-0.39, 0.29) is 6.10 Å². The van der Waals surface area contributed by atoms with Crippen molar-refractivity contribution in [1.29, 1.82) is 0 Å². The molecule has 1 spiro atoms. The van der Waals surface area contributed by atoms with Gasteiger partial charge >= 0.3 is 0 Å². The van der Waals surface area contributed by atoms with E-state index in [1.807, 2.05) is 0 Å². The van der Waals surface area contributed by atoms with E-state index in [0.29, 0.717) is 36.0 Å². The Kier molecular flexibility index (Phi) is 7.67. The highest BCUT2D eigenvalue weighted by atomic mass is 16.3. The highest BCUT2D eigenvalue weighted by Gasteiger charge is 2.42. The quantitative estimate of drug-likeness (QED) is 0.552. The van der Waals surface area contributed by atoms with Gasteiger partial charge in [0.25, 0.3) is 0 Å². The molecule has 0 aromatic heterocycles. The first-order chi connectivity index (χ1) is 13.6. The number of rotatable bonds is 5. The van der Waals surface area contributed by atoms with E-state index < -0.39 is 12.2 Å². The van der Waals surface area contributed by atoms with Crippen LogP contribution in [0.5, 0.6) is 0 Å². The Hall–Kier alpha value is -0.640. The molecular weight excluding hydrogens is 360 g/mol. The summed E-state index contributed by atoms with van der Waals surface area (Å²) in [6.07, 6.45) is 17.3. The summed E-state index contributed by atoms with van der Waals surface area (Å²) in [5.41, 5.74) is 3.48. The molecule has 0 radical (unpaired) electrons. The van der Waals surface area contributed by atoms with Crippen molar-refractivity contribution in [2.45, 2.75) is 123 Å². The maximum absolute atomic E-state index is 10.8. The van der Waals surface area contributed by atoms with Crippen molar-refractivity contribution in [2.24, 2.45) is 16.7 Å². The van der Waals surface area contributed by atoms with Crippen molar-refractivity contribution in [3.63, 3.8) is 0 Å². The molecule has 3 aliphatic rings. The first-order valence-corrected chi connectivity index (χ1v) is 12.1. The molecule has 0 amide bonds. The van der Waals surface area contributed by atoms with Crippen molar-refractivity contribution in [3.05, 3.63) is 23.3 Å². The second-order valence-electron chi connectivity index (χ2n) is 11.7. The Bertz CT molecular complexity index is 588. The zero-order valence-corrected chi connectivity index (χ0v) is 19.0. The Labute approximate surface area is 178 Å². The second kappa shape index (κ2) is 9.66. The maximum atomic E-state index is 10.8. The average Bonchev–Trinajstić information content (AvgIpc) is 3.01. The molecule has 3 heteroatoms. The van der Waals surface area contributed by atoms with Crippen LogP contribution in [0, 0.1) is 16.7 Å². The zero-order valence-electron chi connectivity index (χ0n) is 19.0. The third-order valence-electron chi connectivity index (χ3n) is 7.61. The molecule has 3 nitrogen and oxygen atoms in total. The normalized spacial score (nSPS) is 37.5. The van der Waals surface area contributed by atoms with Crippen LogP contribution in [0.1, 0.15) is 104 Å². The summed E-state index contributed by atoms with van der Waals surface area (Å²) in [5.74, 6) is 0.483. The molecule has 3 N–H and O–H groups in total. The fourth-order valence-electron chi connectivity index (χ4n) is 6.08. The average molecular weight is 405 g/mol. The Morgan fingerprint density at radius 3 is 2.45 bits per heavy atom. The third-order valence-corrected chi connectivity index (χ3v) is 7.61. The van der Waals surface area contributed by atoms with E-state index >= 15 is 0 Å². The lowest BCUT2D eigenvalue weighted by Crippen LogP contribution is -2.25. The van der Waals surface area contributed by atoms with Gasteiger partial charge in [-0.1, -0.05) is 50.5 Å². The van der Waals surface area contributed by atoms with Crippen LogP contribution in [0.25, 0.3) is 0 Å². The molecule has 0 heterocycles. The van der Waals surface area contributed by atoms with Gasteiger partial charge in [-0.15, -0.1) is 0 Å². The lowest BCUT2D eigenvalue weighted by molar-refractivity contribution is 0.0609. The Balaban J connectivity index is 1.53. The second-order valence-corrected chi connectivity index (χ2v) is 11.7. The molecule has 29 heavy (non-hydrogen) atoms. The van der Waals surface area contributed by atoms with E-state index in [0.717, 1.165) is 12.8 Å². The van der Waals surface area contributed by atoms with Crippen LogP contribution in [0.2, 0.25) is 0 Å². The van der Waals surface area contributed by atoms with Crippen LogP contribution < -0.4 is 0 Å². The van der Waals surface area contributed by atoms with E-state index in [1.54, 1.807) is 0 Å². The minimum absolute atomic E-state index is 0.126. The van der Waals surface area contributed by atoms with Gasteiger partial charge in [-0.2, -0.15) is 0 Å². The number of aliphatic hydroxyl groups is 3. The molecule has 3 saturated carbocycles. The van der Waals surface area contributed by atoms with Crippen molar-refractivity contribution in [2.75, 3.05) is 0 Å². The lowest BCUT2D eigenvalue weighted by atomic mass is 9.70. The molecule has 166 valence electrons. The molecule has 3 rings (SSSR count). The molecule has 0 bridgehead atoms. The standard InChI is InChI=1S/C26H44O3/c1-25(2,3)11-5-7-24(29)21-10-13-26(18-21)12-4-6-19(17-26)8-9-20-14-22(27)16-23(28)15-20/h8-9,21-24,27-29H,4-7,10-18H2,1-3H3/b19-8+,20-9?/t21-,22-,23+,24?,26-/m1/s1. The maximum Gasteiger partial charge on any atom is 0.0602 e. The van der Waals surface area contributed by atoms with Gasteiger partial charge in [0.2, 0.25) is 0 Å². The van der Waals surface area contributed by atoms with E-state index in [4.69, 9.17) is 0 Å². The first-order valence-electron chi connectivity index (χ1n) is 12.1. The number of aliphatic hydroxyl groups excluding tert-OH is 3. The molecular formula is C26H44O3. The Morgan fingerprint density at radius 2 is 1.76 bits per heavy atom. The smallest absolute Gasteiger partial charge is 0.0602 e. The minimum Gasteiger partial charge on any atom is -0.393 e. The highest BCUT2D eigenvalue weighted by Crippen LogP contribution is 2.53. The fourth-order valence-corrected chi connectivity index (χ4v) is 6.08. The van der Waals surface area contributed by atoms with Crippen molar-refractivity contribution in [1.82, 2.24) is 0 Å². The largest absolute Gasteiger partial charge is 0.393 e. The molecule has 0 aromatic carbocycles. The van der Waals surface area contributed by atoms with Gasteiger partial charge in [-0.25, -0.2) is 0 Å². The summed E-state index contributed by atoms with van der Waals surface area (Å²) in [6, 6.07) is 0. The number of hydrogen-bond acceptors (Lipinski definition) is 3. The van der Waals surface area contributed by atoms with Crippen LogP contribution in [-0.4, -0.2) is 33.6 Å². The summed E-state index contributed by atoms with van der Waals surface area (Å²) in [7, 11) is 0. The van der Waals surface area contributed by atoms with Crippen molar-refractivity contribution >= 4 is 0 Å².